The molecule has 1 aromatic heterocycles. The Hall–Kier alpha value is -0.800. The van der Waals surface area contributed by atoms with Crippen LogP contribution < -0.4 is 11.1 Å². The average Bonchev–Trinajstić information content (AvgIpc) is 2.44. The van der Waals surface area contributed by atoms with Gasteiger partial charge >= 0.3 is 0 Å². The predicted molar refractivity (Wildman–Crippen MR) is 81.2 cm³/mol. The number of halogens is 1. The molecule has 0 aromatic carbocycles. The van der Waals surface area contributed by atoms with Crippen molar-refractivity contribution in [3.05, 3.63) is 22.8 Å². The number of hydrogen-bond donors (Lipinski definition) is 2. The smallest absolute Gasteiger partial charge is 0.128 e. The van der Waals surface area contributed by atoms with Crippen LogP contribution in [0.1, 0.15) is 50.6 Å². The normalized spacial score (nSPS) is 25.2. The van der Waals surface area contributed by atoms with Crippen LogP contribution in [-0.4, -0.2) is 12.0 Å². The molecule has 19 heavy (non-hydrogen) atoms. The molecule has 0 amide bonds. The lowest BCUT2D eigenvalue weighted by molar-refractivity contribution is 0.215. The van der Waals surface area contributed by atoms with Crippen LogP contribution in [-0.2, 0) is 0 Å². The van der Waals surface area contributed by atoms with Crippen LogP contribution in [0.3, 0.4) is 0 Å². The summed E-state index contributed by atoms with van der Waals surface area (Å²) in [5, 5.41) is 4.08. The Morgan fingerprint density at radius 2 is 2.32 bits per heavy atom. The Kier molecular flexibility index (Phi) is 5.06. The average molecular weight is 282 g/mol. The zero-order chi connectivity index (χ0) is 13.8. The topological polar surface area (TPSA) is 50.9 Å². The van der Waals surface area contributed by atoms with E-state index in [9.17, 15) is 0 Å². The lowest BCUT2D eigenvalue weighted by Gasteiger charge is -2.34. The second-order valence-electron chi connectivity index (χ2n) is 5.60. The maximum absolute atomic E-state index is 6.07. The Morgan fingerprint density at radius 1 is 1.53 bits per heavy atom. The van der Waals surface area contributed by atoms with E-state index in [1.807, 2.05) is 13.1 Å². The van der Waals surface area contributed by atoms with Gasteiger partial charge in [-0.05, 0) is 37.8 Å². The Bertz CT molecular complexity index is 422. The molecule has 0 bridgehead atoms. The highest BCUT2D eigenvalue weighted by atomic mass is 35.5. The van der Waals surface area contributed by atoms with Gasteiger partial charge in [0.25, 0.3) is 0 Å². The van der Waals surface area contributed by atoms with Gasteiger partial charge < -0.3 is 11.1 Å². The third kappa shape index (κ3) is 3.40. The van der Waals surface area contributed by atoms with Crippen molar-refractivity contribution in [1.82, 2.24) is 10.3 Å². The fraction of sp³-hybridized carbons (Fsp3) is 0.667. The van der Waals surface area contributed by atoms with E-state index in [0.717, 1.165) is 11.5 Å². The molecule has 1 heterocycles. The minimum atomic E-state index is 0.264. The maximum atomic E-state index is 6.07. The molecule has 1 saturated carbocycles. The number of nitrogen functional groups attached to an aromatic ring is 1. The minimum Gasteiger partial charge on any atom is -0.383 e. The highest BCUT2D eigenvalue weighted by Gasteiger charge is 2.29. The number of aromatic nitrogens is 1. The first-order valence-corrected chi connectivity index (χ1v) is 7.61. The molecule has 1 fully saturated rings. The fourth-order valence-corrected chi connectivity index (χ4v) is 3.53. The summed E-state index contributed by atoms with van der Waals surface area (Å²) in [6.07, 6.45) is 8.10. The van der Waals surface area contributed by atoms with Crippen molar-refractivity contribution in [2.24, 2.45) is 11.8 Å². The molecule has 3 nitrogen and oxygen atoms in total. The molecule has 3 N–H and O–H groups in total. The molecule has 2 rings (SSSR count). The zero-order valence-corrected chi connectivity index (χ0v) is 12.6. The highest BCUT2D eigenvalue weighted by Crippen LogP contribution is 2.39. The van der Waals surface area contributed by atoms with E-state index < -0.39 is 0 Å². The van der Waals surface area contributed by atoms with Gasteiger partial charge in [-0.15, -0.1) is 0 Å². The van der Waals surface area contributed by atoms with Crippen molar-refractivity contribution in [2.45, 2.75) is 45.1 Å². The van der Waals surface area contributed by atoms with E-state index in [0.29, 0.717) is 16.8 Å². The second-order valence-corrected chi connectivity index (χ2v) is 6.03. The summed E-state index contributed by atoms with van der Waals surface area (Å²) in [5.74, 6) is 2.08. The lowest BCUT2D eigenvalue weighted by Crippen LogP contribution is -2.30. The molecule has 0 saturated heterocycles. The second kappa shape index (κ2) is 6.58. The third-order valence-corrected chi connectivity index (χ3v) is 4.64. The molecular weight excluding hydrogens is 258 g/mol. The van der Waals surface area contributed by atoms with Crippen molar-refractivity contribution >= 4 is 17.4 Å². The van der Waals surface area contributed by atoms with Gasteiger partial charge in [0, 0.05) is 17.8 Å². The van der Waals surface area contributed by atoms with Crippen LogP contribution >= 0.6 is 11.6 Å². The molecule has 3 atom stereocenters. The molecule has 1 aliphatic carbocycles. The SMILES string of the molecule is CCC1CCCC(C(NC)c2cc(Cl)cnc2N)C1. The van der Waals surface area contributed by atoms with Gasteiger partial charge in [0.2, 0.25) is 0 Å². The van der Waals surface area contributed by atoms with Crippen LogP contribution in [0, 0.1) is 11.8 Å². The molecule has 1 aromatic rings. The standard InChI is InChI=1S/C15H24ClN3/c1-3-10-5-4-6-11(7-10)14(18-2)13-8-12(16)9-19-15(13)17/h8-11,14,18H,3-7H2,1-2H3,(H2,17,19). The Balaban J connectivity index is 2.21. The van der Waals surface area contributed by atoms with E-state index in [2.05, 4.69) is 17.2 Å². The van der Waals surface area contributed by atoms with Crippen LogP contribution in [0.25, 0.3) is 0 Å². The van der Waals surface area contributed by atoms with E-state index in [4.69, 9.17) is 17.3 Å². The Labute approximate surface area is 120 Å². The maximum Gasteiger partial charge on any atom is 0.128 e. The van der Waals surface area contributed by atoms with Gasteiger partial charge in [0.15, 0.2) is 0 Å². The largest absolute Gasteiger partial charge is 0.383 e. The summed E-state index contributed by atoms with van der Waals surface area (Å²) in [6, 6.07) is 2.22. The molecule has 106 valence electrons. The van der Waals surface area contributed by atoms with Crippen molar-refractivity contribution in [2.75, 3.05) is 12.8 Å². The summed E-state index contributed by atoms with van der Waals surface area (Å²) in [6.45, 7) is 2.29. The van der Waals surface area contributed by atoms with E-state index >= 15 is 0 Å². The number of pyridine rings is 1. The first-order chi connectivity index (χ1) is 9.15. The van der Waals surface area contributed by atoms with Gasteiger partial charge in [-0.3, -0.25) is 0 Å². The fourth-order valence-electron chi connectivity index (χ4n) is 3.37. The van der Waals surface area contributed by atoms with Crippen LogP contribution in [0.4, 0.5) is 5.82 Å². The number of anilines is 1. The molecule has 3 unspecified atom stereocenters. The van der Waals surface area contributed by atoms with Crippen molar-refractivity contribution in [1.29, 1.82) is 0 Å². The first kappa shape index (κ1) is 14.6. The van der Waals surface area contributed by atoms with Gasteiger partial charge in [0.1, 0.15) is 5.82 Å². The number of nitrogens with one attached hydrogen (secondary N) is 1. The lowest BCUT2D eigenvalue weighted by atomic mass is 9.75. The molecular formula is C15H24ClN3. The van der Waals surface area contributed by atoms with Crippen LogP contribution in [0.15, 0.2) is 12.3 Å². The molecule has 1 aliphatic rings. The van der Waals surface area contributed by atoms with Gasteiger partial charge in [0.05, 0.1) is 5.02 Å². The van der Waals surface area contributed by atoms with Gasteiger partial charge in [-0.2, -0.15) is 0 Å². The number of rotatable bonds is 4. The van der Waals surface area contributed by atoms with Gasteiger partial charge in [-0.25, -0.2) is 4.98 Å². The Morgan fingerprint density at radius 3 is 3.00 bits per heavy atom. The van der Waals surface area contributed by atoms with Crippen LogP contribution in [0.5, 0.6) is 0 Å². The van der Waals surface area contributed by atoms with Crippen LogP contribution in [0.2, 0.25) is 5.02 Å². The predicted octanol–water partition coefficient (Wildman–Crippen LogP) is 3.79. The minimum absolute atomic E-state index is 0.264. The third-order valence-electron chi connectivity index (χ3n) is 4.43. The van der Waals surface area contributed by atoms with E-state index in [1.54, 1.807) is 6.20 Å². The molecule has 0 radical (unpaired) electrons. The summed E-state index contributed by atoms with van der Waals surface area (Å²) in [5.41, 5.74) is 7.08. The quantitative estimate of drug-likeness (QED) is 0.883. The first-order valence-electron chi connectivity index (χ1n) is 7.23. The monoisotopic (exact) mass is 281 g/mol. The van der Waals surface area contributed by atoms with Gasteiger partial charge in [-0.1, -0.05) is 37.8 Å². The van der Waals surface area contributed by atoms with Crippen molar-refractivity contribution in [3.8, 4) is 0 Å². The van der Waals surface area contributed by atoms with E-state index in [1.165, 1.54) is 32.1 Å². The number of nitrogens with two attached hydrogens (primary N) is 1. The summed E-state index contributed by atoms with van der Waals surface area (Å²) >= 11 is 6.07. The van der Waals surface area contributed by atoms with E-state index in [-0.39, 0.29) is 6.04 Å². The summed E-state index contributed by atoms with van der Waals surface area (Å²) in [7, 11) is 2.00. The zero-order valence-electron chi connectivity index (χ0n) is 11.8. The molecule has 0 spiro atoms. The summed E-state index contributed by atoms with van der Waals surface area (Å²) < 4.78 is 0. The highest BCUT2D eigenvalue weighted by molar-refractivity contribution is 6.30. The molecule has 0 aliphatic heterocycles. The van der Waals surface area contributed by atoms with Crippen molar-refractivity contribution < 1.29 is 0 Å². The summed E-state index contributed by atoms with van der Waals surface area (Å²) in [4.78, 5) is 4.19. The number of hydrogen-bond acceptors (Lipinski definition) is 3. The molecule has 4 heteroatoms. The van der Waals surface area contributed by atoms with Crippen molar-refractivity contribution in [3.63, 3.8) is 0 Å². The number of nitrogens with zero attached hydrogens (tertiary/aromatic N) is 1.